The van der Waals surface area contributed by atoms with Gasteiger partial charge in [-0.3, -0.25) is 14.9 Å². The Kier molecular flexibility index (Phi) is 8.55. The molecule has 0 heterocycles. The van der Waals surface area contributed by atoms with Crippen LogP contribution in [0.15, 0.2) is 24.3 Å². The molecule has 1 aromatic rings. The van der Waals surface area contributed by atoms with Gasteiger partial charge in [0.25, 0.3) is 5.69 Å². The van der Waals surface area contributed by atoms with Crippen LogP contribution in [0.5, 0.6) is 5.75 Å². The maximum atomic E-state index is 13.8. The SMILES string of the molecule is O=C(CCC(F)(F)C(F)(F)C(F)(F)C(F)(F)C(F)(F)C(F)(F)C(F)(F)C(F)(F)F)Oc1ccc([N+](=O)[O-])cc1. The van der Waals surface area contributed by atoms with E-state index in [0.717, 1.165) is 0 Å². The first-order valence-electron chi connectivity index (χ1n) is 9.19. The predicted molar refractivity (Wildman–Crippen MR) is 88.6 cm³/mol. The lowest BCUT2D eigenvalue weighted by molar-refractivity contribution is -0.461. The molecular weight excluding hydrogens is 605 g/mol. The van der Waals surface area contributed by atoms with Crippen molar-refractivity contribution in [2.24, 2.45) is 0 Å². The number of hydrogen-bond donors (Lipinski definition) is 0. The number of ether oxygens (including phenoxy) is 1. The molecule has 39 heavy (non-hydrogen) atoms. The van der Waals surface area contributed by atoms with Crippen LogP contribution in [-0.4, -0.2) is 58.5 Å². The van der Waals surface area contributed by atoms with E-state index >= 15 is 0 Å². The van der Waals surface area contributed by atoms with Gasteiger partial charge in [0.2, 0.25) is 0 Å². The second-order valence-corrected chi connectivity index (χ2v) is 7.37. The normalized spacial score (nSPS) is 14.8. The molecule has 5 nitrogen and oxygen atoms in total. The van der Waals surface area contributed by atoms with Gasteiger partial charge < -0.3 is 4.74 Å². The van der Waals surface area contributed by atoms with Crippen molar-refractivity contribution >= 4 is 11.7 Å². The Bertz CT molecular complexity index is 1070. The number of carbonyl (C=O) groups excluding carboxylic acids is 1. The Hall–Kier alpha value is -3.10. The summed E-state index contributed by atoms with van der Waals surface area (Å²) >= 11 is 0. The molecule has 0 amide bonds. The van der Waals surface area contributed by atoms with Crippen molar-refractivity contribution in [1.82, 2.24) is 0 Å². The van der Waals surface area contributed by atoms with Crippen molar-refractivity contribution in [3.63, 3.8) is 0 Å². The number of nitro benzene ring substituents is 1. The van der Waals surface area contributed by atoms with E-state index in [1.165, 1.54) is 0 Å². The van der Waals surface area contributed by atoms with Crippen LogP contribution in [0.2, 0.25) is 0 Å². The number of carbonyl (C=O) groups is 1. The number of rotatable bonds is 11. The third-order valence-corrected chi connectivity index (χ3v) is 4.71. The van der Waals surface area contributed by atoms with Crippen molar-refractivity contribution in [2.75, 3.05) is 0 Å². The summed E-state index contributed by atoms with van der Waals surface area (Å²) in [4.78, 5) is 20.9. The van der Waals surface area contributed by atoms with Crippen molar-refractivity contribution in [3.05, 3.63) is 34.4 Å². The zero-order valence-electron chi connectivity index (χ0n) is 17.7. The van der Waals surface area contributed by atoms with Crippen LogP contribution < -0.4 is 4.74 Å². The van der Waals surface area contributed by atoms with Crippen molar-refractivity contribution in [2.45, 2.75) is 60.5 Å². The molecule has 0 unspecified atom stereocenters. The van der Waals surface area contributed by atoms with E-state index in [1.54, 1.807) is 0 Å². The number of nitrogens with zero attached hydrogens (tertiary/aromatic N) is 1. The van der Waals surface area contributed by atoms with Crippen LogP contribution in [0.4, 0.5) is 80.3 Å². The van der Waals surface area contributed by atoms with Gasteiger partial charge in [-0.05, 0) is 12.1 Å². The van der Waals surface area contributed by atoms with E-state index in [9.17, 15) is 89.5 Å². The van der Waals surface area contributed by atoms with Crippen LogP contribution in [0.1, 0.15) is 12.8 Å². The molecule has 0 N–H and O–H groups in total. The molecule has 1 rings (SSSR count). The molecule has 0 aromatic heterocycles. The van der Waals surface area contributed by atoms with Gasteiger partial charge in [-0.15, -0.1) is 0 Å². The lowest BCUT2D eigenvalue weighted by atomic mass is 9.88. The quantitative estimate of drug-likeness (QED) is 0.0865. The number of non-ortho nitro benzene ring substituents is 1. The number of hydrogen-bond acceptors (Lipinski definition) is 4. The highest BCUT2D eigenvalue weighted by Crippen LogP contribution is 2.64. The Labute approximate surface area is 202 Å². The smallest absolute Gasteiger partial charge is 0.427 e. The lowest BCUT2D eigenvalue weighted by Crippen LogP contribution is -2.74. The van der Waals surface area contributed by atoms with Gasteiger partial charge in [0.05, 0.1) is 11.3 Å². The van der Waals surface area contributed by atoms with Gasteiger partial charge in [0.1, 0.15) is 5.75 Å². The minimum atomic E-state index is -8.74. The molecule has 224 valence electrons. The first-order chi connectivity index (χ1) is 17.0. The number of alkyl halides is 17. The molecule has 0 aliphatic carbocycles. The highest BCUT2D eigenvalue weighted by atomic mass is 19.4. The van der Waals surface area contributed by atoms with Crippen LogP contribution in [0.25, 0.3) is 0 Å². The molecule has 0 saturated carbocycles. The molecule has 0 bridgehead atoms. The standard InChI is InChI=1S/C17H8F17NO4/c18-10(19,6-5-9(36)39-8-3-1-7(2-4-8)35(37)38)11(20,21)12(22,23)13(24,25)14(26,27)15(28,29)16(30,31)17(32,33)34/h1-4H,5-6H2. The summed E-state index contributed by atoms with van der Waals surface area (Å²) in [6.07, 6.45) is -13.0. The van der Waals surface area contributed by atoms with Crippen LogP contribution >= 0.6 is 0 Å². The molecule has 0 fully saturated rings. The van der Waals surface area contributed by atoms with E-state index in [4.69, 9.17) is 0 Å². The van der Waals surface area contributed by atoms with Gasteiger partial charge in [0, 0.05) is 18.6 Å². The summed E-state index contributed by atoms with van der Waals surface area (Å²) in [7, 11) is 0. The fourth-order valence-electron chi connectivity index (χ4n) is 2.43. The average Bonchev–Trinajstić information content (AvgIpc) is 2.76. The second kappa shape index (κ2) is 9.82. The highest BCUT2D eigenvalue weighted by Gasteiger charge is 2.95. The fraction of sp³-hybridized carbons (Fsp3) is 0.588. The first kappa shape index (κ1) is 33.9. The lowest BCUT2D eigenvalue weighted by Gasteiger charge is -2.42. The van der Waals surface area contributed by atoms with E-state index in [0.29, 0.717) is 24.3 Å². The van der Waals surface area contributed by atoms with Crippen LogP contribution in [0.3, 0.4) is 0 Å². The summed E-state index contributed by atoms with van der Waals surface area (Å²) in [5, 5.41) is 10.5. The van der Waals surface area contributed by atoms with Gasteiger partial charge >= 0.3 is 53.6 Å². The van der Waals surface area contributed by atoms with E-state index in [1.807, 2.05) is 0 Å². The third-order valence-electron chi connectivity index (χ3n) is 4.71. The zero-order valence-corrected chi connectivity index (χ0v) is 17.7. The summed E-state index contributed by atoms with van der Waals surface area (Å²) in [5.74, 6) is -60.2. The average molecular weight is 613 g/mol. The van der Waals surface area contributed by atoms with Gasteiger partial charge in [-0.1, -0.05) is 0 Å². The minimum Gasteiger partial charge on any atom is -0.427 e. The highest BCUT2D eigenvalue weighted by molar-refractivity contribution is 5.72. The maximum absolute atomic E-state index is 13.8. The molecular formula is C17H8F17NO4. The van der Waals surface area contributed by atoms with Crippen molar-refractivity contribution in [1.29, 1.82) is 0 Å². The first-order valence-corrected chi connectivity index (χ1v) is 9.19. The molecule has 22 heteroatoms. The number of nitro groups is 1. The molecule has 0 spiro atoms. The maximum Gasteiger partial charge on any atom is 0.460 e. The van der Waals surface area contributed by atoms with Crippen LogP contribution in [0, 0.1) is 10.1 Å². The van der Waals surface area contributed by atoms with Gasteiger partial charge in [0.15, 0.2) is 0 Å². The Morgan fingerprint density at radius 3 is 1.36 bits per heavy atom. The third kappa shape index (κ3) is 5.37. The Morgan fingerprint density at radius 2 is 1.00 bits per heavy atom. The Balaban J connectivity index is 3.27. The van der Waals surface area contributed by atoms with Crippen molar-refractivity contribution < 1.29 is 89.1 Å². The van der Waals surface area contributed by atoms with E-state index in [2.05, 4.69) is 4.74 Å². The fourth-order valence-corrected chi connectivity index (χ4v) is 2.43. The summed E-state index contributed by atoms with van der Waals surface area (Å²) in [6.45, 7) is 0. The van der Waals surface area contributed by atoms with Crippen LogP contribution in [-0.2, 0) is 4.79 Å². The molecule has 0 atom stereocenters. The summed E-state index contributed by atoms with van der Waals surface area (Å²) < 4.78 is 228. The van der Waals surface area contributed by atoms with Gasteiger partial charge in [-0.2, -0.15) is 74.6 Å². The monoisotopic (exact) mass is 613 g/mol. The molecule has 0 aliphatic heterocycles. The van der Waals surface area contributed by atoms with Crippen molar-refractivity contribution in [3.8, 4) is 5.75 Å². The largest absolute Gasteiger partial charge is 0.460 e. The second-order valence-electron chi connectivity index (χ2n) is 7.37. The molecule has 0 saturated heterocycles. The van der Waals surface area contributed by atoms with E-state index < -0.39 is 82.8 Å². The summed E-state index contributed by atoms with van der Waals surface area (Å²) in [6, 6.07) is 2.53. The summed E-state index contributed by atoms with van der Waals surface area (Å²) in [5.41, 5.74) is -0.625. The molecule has 0 aliphatic rings. The number of halogens is 17. The van der Waals surface area contributed by atoms with E-state index in [-0.39, 0.29) is 0 Å². The topological polar surface area (TPSA) is 69.4 Å². The number of esters is 1. The molecule has 0 radical (unpaired) electrons. The predicted octanol–water partition coefficient (Wildman–Crippen LogP) is 7.29. The van der Waals surface area contributed by atoms with Gasteiger partial charge in [-0.25, -0.2) is 0 Å². The Morgan fingerprint density at radius 1 is 0.641 bits per heavy atom. The number of benzene rings is 1. The molecule has 1 aromatic carbocycles. The zero-order chi connectivity index (χ0) is 31.3. The minimum absolute atomic E-state index is 0.621.